The van der Waals surface area contributed by atoms with Gasteiger partial charge in [-0.15, -0.1) is 0 Å². The van der Waals surface area contributed by atoms with E-state index in [9.17, 15) is 9.59 Å². The molecule has 4 rings (SSSR count). The van der Waals surface area contributed by atoms with E-state index in [-0.39, 0.29) is 11.8 Å². The van der Waals surface area contributed by atoms with Gasteiger partial charge in [-0.3, -0.25) is 14.5 Å². The van der Waals surface area contributed by atoms with E-state index in [1.54, 1.807) is 12.1 Å². The normalized spacial score (nSPS) is 28.3. The predicted octanol–water partition coefficient (Wildman–Crippen LogP) is 2.86. The van der Waals surface area contributed by atoms with Crippen LogP contribution in [0.3, 0.4) is 0 Å². The maximum atomic E-state index is 12.8. The van der Waals surface area contributed by atoms with Crippen molar-refractivity contribution in [3.05, 3.63) is 29.3 Å². The first-order chi connectivity index (χ1) is 12.6. The summed E-state index contributed by atoms with van der Waals surface area (Å²) in [6.45, 7) is 3.30. The van der Waals surface area contributed by atoms with Crippen LogP contribution in [-0.4, -0.2) is 54.3 Å². The number of carbonyl (C=O) groups is 2. The molecule has 3 unspecified atom stereocenters. The molecule has 1 aromatic rings. The van der Waals surface area contributed by atoms with Gasteiger partial charge in [-0.05, 0) is 43.2 Å². The summed E-state index contributed by atoms with van der Waals surface area (Å²) in [5.41, 5.74) is 0.643. The molecular formula is C20H26ClN3O2. The lowest BCUT2D eigenvalue weighted by atomic mass is 9.87. The standard InChI is InChI=1S/C20H26ClN3O2/c21-17-3-1-2-4-18(17)22-19(25)13-23-7-9-24(10-8-23)20(26)16-12-14-5-6-15(16)11-14/h1-4,14-16H,5-13H2,(H,22,25). The molecule has 140 valence electrons. The molecule has 1 N–H and O–H groups in total. The Hall–Kier alpha value is -1.59. The molecule has 2 bridgehead atoms. The quantitative estimate of drug-likeness (QED) is 0.880. The predicted molar refractivity (Wildman–Crippen MR) is 102 cm³/mol. The first-order valence-corrected chi connectivity index (χ1v) is 10.0. The minimum absolute atomic E-state index is 0.0639. The number of nitrogens with one attached hydrogen (secondary N) is 1. The topological polar surface area (TPSA) is 52.7 Å². The third kappa shape index (κ3) is 3.74. The van der Waals surface area contributed by atoms with Gasteiger partial charge >= 0.3 is 0 Å². The smallest absolute Gasteiger partial charge is 0.238 e. The fraction of sp³-hybridized carbons (Fsp3) is 0.600. The molecule has 3 fully saturated rings. The summed E-state index contributed by atoms with van der Waals surface area (Å²) in [6, 6.07) is 7.25. The molecule has 1 aromatic carbocycles. The second-order valence-electron chi connectivity index (χ2n) is 7.91. The molecule has 1 saturated heterocycles. The van der Waals surface area contributed by atoms with Crippen molar-refractivity contribution in [3.63, 3.8) is 0 Å². The number of hydrogen-bond acceptors (Lipinski definition) is 3. The van der Waals surface area contributed by atoms with Crippen LogP contribution in [0.25, 0.3) is 0 Å². The third-order valence-electron chi connectivity index (χ3n) is 6.25. The zero-order valence-electron chi connectivity index (χ0n) is 15.0. The van der Waals surface area contributed by atoms with Crippen LogP contribution in [0.4, 0.5) is 5.69 Å². The summed E-state index contributed by atoms with van der Waals surface area (Å²) < 4.78 is 0. The SMILES string of the molecule is O=C(CN1CCN(C(=O)C2CC3CCC2C3)CC1)Nc1ccccc1Cl. The van der Waals surface area contributed by atoms with E-state index in [2.05, 4.69) is 10.2 Å². The monoisotopic (exact) mass is 375 g/mol. The Labute approximate surface area is 159 Å². The molecule has 3 aliphatic rings. The number of nitrogens with zero attached hydrogens (tertiary/aromatic N) is 2. The largest absolute Gasteiger partial charge is 0.340 e. The Bertz CT molecular complexity index is 687. The van der Waals surface area contributed by atoms with Crippen LogP contribution < -0.4 is 5.32 Å². The number of anilines is 1. The third-order valence-corrected chi connectivity index (χ3v) is 6.58. The van der Waals surface area contributed by atoms with Crippen molar-refractivity contribution in [2.45, 2.75) is 25.7 Å². The molecule has 0 radical (unpaired) electrons. The summed E-state index contributed by atoms with van der Waals surface area (Å²) >= 11 is 6.08. The maximum absolute atomic E-state index is 12.8. The van der Waals surface area contributed by atoms with Crippen molar-refractivity contribution in [1.82, 2.24) is 9.80 Å². The Kier molecular flexibility index (Phi) is 5.18. The molecule has 26 heavy (non-hydrogen) atoms. The van der Waals surface area contributed by atoms with Gasteiger partial charge in [0.05, 0.1) is 17.3 Å². The van der Waals surface area contributed by atoms with Crippen molar-refractivity contribution in [3.8, 4) is 0 Å². The minimum Gasteiger partial charge on any atom is -0.340 e. The lowest BCUT2D eigenvalue weighted by molar-refractivity contribution is -0.139. The Balaban J connectivity index is 1.24. The minimum atomic E-state index is -0.0639. The summed E-state index contributed by atoms with van der Waals surface area (Å²) in [4.78, 5) is 29.2. The van der Waals surface area contributed by atoms with Crippen LogP contribution in [0.1, 0.15) is 25.7 Å². The van der Waals surface area contributed by atoms with Gasteiger partial charge in [0.1, 0.15) is 0 Å². The fourth-order valence-corrected chi connectivity index (χ4v) is 5.05. The van der Waals surface area contributed by atoms with E-state index in [0.717, 1.165) is 38.5 Å². The van der Waals surface area contributed by atoms with Gasteiger partial charge in [0.15, 0.2) is 0 Å². The molecule has 1 heterocycles. The van der Waals surface area contributed by atoms with Gasteiger partial charge in [0.25, 0.3) is 0 Å². The highest BCUT2D eigenvalue weighted by Crippen LogP contribution is 2.48. The molecule has 1 aliphatic heterocycles. The Morgan fingerprint density at radius 2 is 1.85 bits per heavy atom. The van der Waals surface area contributed by atoms with E-state index in [1.165, 1.54) is 19.3 Å². The molecular weight excluding hydrogens is 350 g/mol. The summed E-state index contributed by atoms with van der Waals surface area (Å²) in [5, 5.41) is 3.41. The van der Waals surface area contributed by atoms with Crippen molar-refractivity contribution < 1.29 is 9.59 Å². The molecule has 2 amide bonds. The zero-order valence-corrected chi connectivity index (χ0v) is 15.8. The van der Waals surface area contributed by atoms with Crippen molar-refractivity contribution in [2.75, 3.05) is 38.0 Å². The first kappa shape index (κ1) is 17.8. The first-order valence-electron chi connectivity index (χ1n) is 9.65. The average Bonchev–Trinajstić information content (AvgIpc) is 3.27. The summed E-state index contributed by atoms with van der Waals surface area (Å²) in [5.74, 6) is 1.99. The number of benzene rings is 1. The van der Waals surface area contributed by atoms with Gasteiger partial charge in [0, 0.05) is 32.1 Å². The Morgan fingerprint density at radius 1 is 1.08 bits per heavy atom. The Morgan fingerprint density at radius 3 is 2.50 bits per heavy atom. The van der Waals surface area contributed by atoms with Gasteiger partial charge in [0.2, 0.25) is 11.8 Å². The van der Waals surface area contributed by atoms with E-state index in [0.29, 0.717) is 29.1 Å². The van der Waals surface area contributed by atoms with E-state index in [4.69, 9.17) is 11.6 Å². The second kappa shape index (κ2) is 7.57. The molecule has 0 aromatic heterocycles. The molecule has 2 saturated carbocycles. The molecule has 6 heteroatoms. The fourth-order valence-electron chi connectivity index (χ4n) is 4.86. The molecule has 5 nitrogen and oxygen atoms in total. The van der Waals surface area contributed by atoms with E-state index in [1.807, 2.05) is 17.0 Å². The van der Waals surface area contributed by atoms with E-state index < -0.39 is 0 Å². The average molecular weight is 376 g/mol. The number of amides is 2. The van der Waals surface area contributed by atoms with Crippen LogP contribution >= 0.6 is 11.6 Å². The molecule has 3 atom stereocenters. The number of para-hydroxylation sites is 1. The zero-order chi connectivity index (χ0) is 18.1. The van der Waals surface area contributed by atoms with Crippen LogP contribution in [-0.2, 0) is 9.59 Å². The second-order valence-corrected chi connectivity index (χ2v) is 8.32. The summed E-state index contributed by atoms with van der Waals surface area (Å²) in [6.07, 6.45) is 4.93. The number of fused-ring (bicyclic) bond motifs is 2. The van der Waals surface area contributed by atoms with Crippen LogP contribution in [0.5, 0.6) is 0 Å². The highest BCUT2D eigenvalue weighted by atomic mass is 35.5. The molecule has 0 spiro atoms. The van der Waals surface area contributed by atoms with Gasteiger partial charge in [-0.25, -0.2) is 0 Å². The highest BCUT2D eigenvalue weighted by molar-refractivity contribution is 6.33. The highest BCUT2D eigenvalue weighted by Gasteiger charge is 2.44. The number of carbonyl (C=O) groups excluding carboxylic acids is 2. The number of piperazine rings is 1. The summed E-state index contributed by atoms with van der Waals surface area (Å²) in [7, 11) is 0. The maximum Gasteiger partial charge on any atom is 0.238 e. The number of rotatable bonds is 4. The van der Waals surface area contributed by atoms with Crippen molar-refractivity contribution >= 4 is 29.1 Å². The number of halogens is 1. The van der Waals surface area contributed by atoms with Gasteiger partial charge < -0.3 is 10.2 Å². The van der Waals surface area contributed by atoms with E-state index >= 15 is 0 Å². The lowest BCUT2D eigenvalue weighted by Crippen LogP contribution is -2.52. The van der Waals surface area contributed by atoms with Gasteiger partial charge in [-0.2, -0.15) is 0 Å². The van der Waals surface area contributed by atoms with Gasteiger partial charge in [-0.1, -0.05) is 30.2 Å². The van der Waals surface area contributed by atoms with Crippen LogP contribution in [0, 0.1) is 17.8 Å². The van der Waals surface area contributed by atoms with Crippen LogP contribution in [0.2, 0.25) is 5.02 Å². The van der Waals surface area contributed by atoms with Crippen molar-refractivity contribution in [2.24, 2.45) is 17.8 Å². The number of hydrogen-bond donors (Lipinski definition) is 1. The van der Waals surface area contributed by atoms with Crippen LogP contribution in [0.15, 0.2) is 24.3 Å². The van der Waals surface area contributed by atoms with Crippen molar-refractivity contribution in [1.29, 1.82) is 0 Å². The molecule has 2 aliphatic carbocycles. The lowest BCUT2D eigenvalue weighted by Gasteiger charge is -2.37.